The highest BCUT2D eigenvalue weighted by atomic mass is 16.5. The Labute approximate surface area is 129 Å². The molecule has 3 unspecified atom stereocenters. The Morgan fingerprint density at radius 3 is 2.77 bits per heavy atom. The van der Waals surface area contributed by atoms with Crippen molar-refractivity contribution < 1.29 is 19.4 Å². The molecule has 2 fully saturated rings. The monoisotopic (exact) mass is 303 g/mol. The van der Waals surface area contributed by atoms with Crippen molar-refractivity contribution in [2.45, 2.75) is 32.2 Å². The van der Waals surface area contributed by atoms with Crippen LogP contribution in [0.3, 0.4) is 0 Å². The quantitative estimate of drug-likeness (QED) is 0.930. The summed E-state index contributed by atoms with van der Waals surface area (Å²) in [6.45, 7) is 2.46. The number of rotatable bonds is 3. The molecular formula is C17H21NO4. The lowest BCUT2D eigenvalue weighted by Crippen LogP contribution is -2.43. The molecule has 1 heterocycles. The molecule has 0 bridgehead atoms. The molecule has 3 rings (SSSR count). The van der Waals surface area contributed by atoms with Gasteiger partial charge in [-0.25, -0.2) is 4.79 Å². The van der Waals surface area contributed by atoms with Crippen molar-refractivity contribution >= 4 is 11.9 Å². The average molecular weight is 303 g/mol. The van der Waals surface area contributed by atoms with E-state index in [-0.39, 0.29) is 11.8 Å². The first-order valence-corrected chi connectivity index (χ1v) is 7.71. The van der Waals surface area contributed by atoms with Crippen molar-refractivity contribution in [1.29, 1.82) is 0 Å². The third kappa shape index (κ3) is 2.34. The third-order valence-electron chi connectivity index (χ3n) is 5.06. The van der Waals surface area contributed by atoms with E-state index in [0.29, 0.717) is 23.8 Å². The van der Waals surface area contributed by atoms with Crippen LogP contribution in [0.4, 0.5) is 0 Å². The lowest BCUT2D eigenvalue weighted by Gasteiger charge is -2.24. The first kappa shape index (κ1) is 14.9. The fraction of sp³-hybridized carbons (Fsp3) is 0.529. The number of likely N-dealkylation sites (tertiary alicyclic amines) is 1. The molecule has 1 N–H and O–H groups in total. The van der Waals surface area contributed by atoms with E-state index in [2.05, 4.69) is 0 Å². The molecule has 0 aromatic heterocycles. The van der Waals surface area contributed by atoms with Gasteiger partial charge in [0, 0.05) is 12.1 Å². The molecule has 1 amide bonds. The van der Waals surface area contributed by atoms with Gasteiger partial charge in [0.15, 0.2) is 0 Å². The fourth-order valence-corrected chi connectivity index (χ4v) is 3.95. The minimum atomic E-state index is -0.887. The molecule has 22 heavy (non-hydrogen) atoms. The molecular weight excluding hydrogens is 282 g/mol. The number of ether oxygens (including phenoxy) is 1. The van der Waals surface area contributed by atoms with Crippen LogP contribution < -0.4 is 4.74 Å². The van der Waals surface area contributed by atoms with E-state index in [0.717, 1.165) is 24.8 Å². The van der Waals surface area contributed by atoms with Gasteiger partial charge < -0.3 is 14.7 Å². The lowest BCUT2D eigenvalue weighted by molar-refractivity contribution is -0.142. The van der Waals surface area contributed by atoms with Crippen molar-refractivity contribution in [2.75, 3.05) is 13.7 Å². The van der Waals surface area contributed by atoms with E-state index >= 15 is 0 Å². The van der Waals surface area contributed by atoms with Crippen molar-refractivity contribution in [3.05, 3.63) is 29.3 Å². The molecule has 1 aliphatic heterocycles. The number of aliphatic carboxylic acids is 1. The summed E-state index contributed by atoms with van der Waals surface area (Å²) in [5, 5.41) is 9.55. The molecule has 1 saturated heterocycles. The van der Waals surface area contributed by atoms with E-state index < -0.39 is 12.0 Å². The highest BCUT2D eigenvalue weighted by Crippen LogP contribution is 2.42. The Balaban J connectivity index is 1.89. The van der Waals surface area contributed by atoms with Gasteiger partial charge in [0.25, 0.3) is 5.91 Å². The number of hydrogen-bond acceptors (Lipinski definition) is 3. The van der Waals surface area contributed by atoms with Gasteiger partial charge in [0.1, 0.15) is 11.8 Å². The zero-order valence-electron chi connectivity index (χ0n) is 12.9. The Bertz CT molecular complexity index is 613. The third-order valence-corrected chi connectivity index (χ3v) is 5.06. The van der Waals surface area contributed by atoms with Crippen LogP contribution in [0.15, 0.2) is 18.2 Å². The molecule has 5 heteroatoms. The second-order valence-electron chi connectivity index (χ2n) is 6.28. The van der Waals surface area contributed by atoms with E-state index in [1.54, 1.807) is 24.1 Å². The smallest absolute Gasteiger partial charge is 0.326 e. The fourth-order valence-electron chi connectivity index (χ4n) is 3.95. The summed E-state index contributed by atoms with van der Waals surface area (Å²) in [6, 6.07) is 4.59. The molecule has 5 nitrogen and oxygen atoms in total. The number of fused-ring (bicyclic) bond motifs is 1. The SMILES string of the molecule is COc1cc(C(=O)N2CC3CCCC3C2C(=O)O)ccc1C. The Morgan fingerprint density at radius 2 is 2.09 bits per heavy atom. The number of methoxy groups -OCH3 is 1. The molecule has 1 aliphatic carbocycles. The number of hydrogen-bond donors (Lipinski definition) is 1. The van der Waals surface area contributed by atoms with E-state index in [4.69, 9.17) is 4.74 Å². The van der Waals surface area contributed by atoms with Crippen LogP contribution in [0.5, 0.6) is 5.75 Å². The van der Waals surface area contributed by atoms with E-state index in [1.165, 1.54) is 0 Å². The number of carbonyl (C=O) groups excluding carboxylic acids is 1. The summed E-state index contributed by atoms with van der Waals surface area (Å²) >= 11 is 0. The largest absolute Gasteiger partial charge is 0.496 e. The molecule has 118 valence electrons. The zero-order chi connectivity index (χ0) is 15.9. The van der Waals surface area contributed by atoms with Gasteiger partial charge in [0.05, 0.1) is 7.11 Å². The van der Waals surface area contributed by atoms with Crippen molar-refractivity contribution in [2.24, 2.45) is 11.8 Å². The number of carboxylic acids is 1. The summed E-state index contributed by atoms with van der Waals surface area (Å²) in [5.41, 5.74) is 1.45. The summed E-state index contributed by atoms with van der Waals surface area (Å²) in [4.78, 5) is 26.0. The van der Waals surface area contributed by atoms with Gasteiger partial charge in [-0.3, -0.25) is 4.79 Å². The van der Waals surface area contributed by atoms with Crippen molar-refractivity contribution in [3.8, 4) is 5.75 Å². The Kier molecular flexibility index (Phi) is 3.81. The van der Waals surface area contributed by atoms with Crippen LogP contribution in [-0.4, -0.2) is 41.6 Å². The Morgan fingerprint density at radius 1 is 1.32 bits per heavy atom. The topological polar surface area (TPSA) is 66.8 Å². The maximum absolute atomic E-state index is 12.8. The number of carbonyl (C=O) groups is 2. The molecule has 1 saturated carbocycles. The summed E-state index contributed by atoms with van der Waals surface area (Å²) in [7, 11) is 1.57. The van der Waals surface area contributed by atoms with Gasteiger partial charge in [-0.1, -0.05) is 12.5 Å². The van der Waals surface area contributed by atoms with Crippen LogP contribution in [0, 0.1) is 18.8 Å². The lowest BCUT2D eigenvalue weighted by atomic mass is 9.94. The van der Waals surface area contributed by atoms with E-state index in [9.17, 15) is 14.7 Å². The normalized spacial score (nSPS) is 26.8. The first-order chi connectivity index (χ1) is 10.5. The van der Waals surface area contributed by atoms with Crippen LogP contribution in [0.1, 0.15) is 35.2 Å². The molecule has 2 aliphatic rings. The highest BCUT2D eigenvalue weighted by molar-refractivity contribution is 5.97. The second kappa shape index (κ2) is 5.63. The minimum Gasteiger partial charge on any atom is -0.496 e. The molecule has 0 radical (unpaired) electrons. The molecule has 0 spiro atoms. The predicted octanol–water partition coefficient (Wildman–Crippen LogP) is 2.33. The average Bonchev–Trinajstić information content (AvgIpc) is 3.06. The first-order valence-electron chi connectivity index (χ1n) is 7.71. The summed E-state index contributed by atoms with van der Waals surface area (Å²) in [6.07, 6.45) is 3.00. The molecule has 1 aromatic carbocycles. The van der Waals surface area contributed by atoms with Gasteiger partial charge in [-0.05, 0) is 49.3 Å². The molecule has 1 aromatic rings. The van der Waals surface area contributed by atoms with Crippen LogP contribution in [0.2, 0.25) is 0 Å². The number of benzene rings is 1. The maximum atomic E-state index is 12.8. The van der Waals surface area contributed by atoms with E-state index in [1.807, 2.05) is 13.0 Å². The predicted molar refractivity (Wildman–Crippen MR) is 81.0 cm³/mol. The standard InChI is InChI=1S/C17H21NO4/c1-10-6-7-11(8-14(10)22-2)16(19)18-9-12-4-3-5-13(12)15(18)17(20)21/h6-8,12-13,15H,3-5,9H2,1-2H3,(H,20,21). The van der Waals surface area contributed by atoms with Crippen LogP contribution >= 0.6 is 0 Å². The second-order valence-corrected chi connectivity index (χ2v) is 6.28. The van der Waals surface area contributed by atoms with Crippen molar-refractivity contribution in [3.63, 3.8) is 0 Å². The number of carboxylic acid groups (broad SMARTS) is 1. The Hall–Kier alpha value is -2.04. The summed E-state index contributed by atoms with van der Waals surface area (Å²) in [5.74, 6) is -0.00905. The number of aryl methyl sites for hydroxylation is 1. The zero-order valence-corrected chi connectivity index (χ0v) is 12.9. The maximum Gasteiger partial charge on any atom is 0.326 e. The highest BCUT2D eigenvalue weighted by Gasteiger charge is 2.49. The number of nitrogens with zero attached hydrogens (tertiary/aromatic N) is 1. The van der Waals surface area contributed by atoms with Gasteiger partial charge in [-0.15, -0.1) is 0 Å². The van der Waals surface area contributed by atoms with Crippen LogP contribution in [-0.2, 0) is 4.79 Å². The van der Waals surface area contributed by atoms with Gasteiger partial charge in [-0.2, -0.15) is 0 Å². The van der Waals surface area contributed by atoms with Gasteiger partial charge >= 0.3 is 5.97 Å². The van der Waals surface area contributed by atoms with Crippen molar-refractivity contribution in [1.82, 2.24) is 4.90 Å². The minimum absolute atomic E-state index is 0.105. The summed E-state index contributed by atoms with van der Waals surface area (Å²) < 4.78 is 5.26. The number of amides is 1. The molecule has 3 atom stereocenters. The van der Waals surface area contributed by atoms with Gasteiger partial charge in [0.2, 0.25) is 0 Å². The van der Waals surface area contributed by atoms with Crippen LogP contribution in [0.25, 0.3) is 0 Å².